The van der Waals surface area contributed by atoms with Gasteiger partial charge in [0.05, 0.1) is 36.9 Å². The fourth-order valence-corrected chi connectivity index (χ4v) is 4.47. The quantitative estimate of drug-likeness (QED) is 0.393. The number of halogens is 2. The van der Waals surface area contributed by atoms with E-state index in [1.54, 1.807) is 12.3 Å². The molecule has 188 valence electrons. The second kappa shape index (κ2) is 10.4. The number of aliphatic hydroxyl groups excluding tert-OH is 1. The van der Waals surface area contributed by atoms with Crippen molar-refractivity contribution in [1.82, 2.24) is 20.6 Å². The van der Waals surface area contributed by atoms with Crippen LogP contribution in [0.3, 0.4) is 0 Å². The number of piperidine rings is 1. The van der Waals surface area contributed by atoms with Crippen molar-refractivity contribution in [2.45, 2.75) is 38.3 Å². The number of nitrogens with zero attached hydrogens (tertiary/aromatic N) is 1. The number of hydrogen-bond donors (Lipinski definition) is 4. The summed E-state index contributed by atoms with van der Waals surface area (Å²) in [5, 5.41) is 16.3. The minimum atomic E-state index is -0.649. The summed E-state index contributed by atoms with van der Waals surface area (Å²) in [4.78, 5) is 21.0. The average molecular weight is 505 g/mol. The van der Waals surface area contributed by atoms with E-state index in [9.17, 15) is 14.3 Å². The number of hydrogen-bond acceptors (Lipinski definition) is 6. The monoisotopic (exact) mass is 504 g/mol. The standard InChI is InChI=1S/C25H29FN4O4.ClH/c1-13-22(25(32)30-18-6-7-27-11-19(18)31)24-23(29-13)15(5-8-28-24)16-9-21(33-2)17(26)10-20(16)34-12-14-3-4-14;/h5,8-10,14,18-19,27,29,31H,3-4,6-7,11-12H2,1-2H3,(H,30,32);1H/t18-,19+;/m1./s1. The first kappa shape index (κ1) is 25.2. The van der Waals surface area contributed by atoms with E-state index in [-0.39, 0.29) is 30.1 Å². The maximum atomic E-state index is 14.5. The molecule has 1 aromatic carbocycles. The summed E-state index contributed by atoms with van der Waals surface area (Å²) in [5.74, 6) is 0.254. The van der Waals surface area contributed by atoms with Crippen LogP contribution in [0.15, 0.2) is 24.4 Å². The third-order valence-electron chi connectivity index (χ3n) is 6.58. The Kier molecular flexibility index (Phi) is 7.49. The lowest BCUT2D eigenvalue weighted by Crippen LogP contribution is -2.52. The van der Waals surface area contributed by atoms with Gasteiger partial charge in [-0.3, -0.25) is 9.78 Å². The highest BCUT2D eigenvalue weighted by Crippen LogP contribution is 2.40. The zero-order valence-corrected chi connectivity index (χ0v) is 20.5. The molecule has 35 heavy (non-hydrogen) atoms. The number of rotatable bonds is 7. The second-order valence-electron chi connectivity index (χ2n) is 9.08. The Morgan fingerprint density at radius 1 is 1.26 bits per heavy atom. The van der Waals surface area contributed by atoms with Gasteiger partial charge in [0.1, 0.15) is 11.3 Å². The van der Waals surface area contributed by atoms with Crippen LogP contribution in [-0.2, 0) is 0 Å². The molecule has 2 aromatic heterocycles. The van der Waals surface area contributed by atoms with Crippen molar-refractivity contribution >= 4 is 29.3 Å². The number of ether oxygens (including phenoxy) is 2. The second-order valence-corrected chi connectivity index (χ2v) is 9.08. The van der Waals surface area contributed by atoms with Gasteiger partial charge in [-0.1, -0.05) is 0 Å². The highest BCUT2D eigenvalue weighted by Gasteiger charge is 2.28. The van der Waals surface area contributed by atoms with Gasteiger partial charge in [0.2, 0.25) is 0 Å². The van der Waals surface area contributed by atoms with E-state index in [4.69, 9.17) is 9.47 Å². The highest BCUT2D eigenvalue weighted by atomic mass is 35.5. The van der Waals surface area contributed by atoms with E-state index in [2.05, 4.69) is 20.6 Å². The number of aromatic amines is 1. The third-order valence-corrected chi connectivity index (χ3v) is 6.58. The summed E-state index contributed by atoms with van der Waals surface area (Å²) in [6, 6.07) is 4.45. The summed E-state index contributed by atoms with van der Waals surface area (Å²) >= 11 is 0. The van der Waals surface area contributed by atoms with Gasteiger partial charge in [-0.05, 0) is 50.8 Å². The molecule has 5 rings (SSSR count). The maximum Gasteiger partial charge on any atom is 0.255 e. The molecule has 1 saturated heterocycles. The molecule has 1 saturated carbocycles. The molecule has 2 fully saturated rings. The number of nitrogens with one attached hydrogen (secondary N) is 3. The highest BCUT2D eigenvalue weighted by molar-refractivity contribution is 6.09. The van der Waals surface area contributed by atoms with Crippen molar-refractivity contribution in [3.05, 3.63) is 41.5 Å². The van der Waals surface area contributed by atoms with Crippen LogP contribution in [0, 0.1) is 18.7 Å². The van der Waals surface area contributed by atoms with Crippen molar-refractivity contribution < 1.29 is 23.8 Å². The van der Waals surface area contributed by atoms with E-state index in [1.807, 2.05) is 13.0 Å². The Hall–Kier alpha value is -2.88. The molecule has 2 atom stereocenters. The van der Waals surface area contributed by atoms with Gasteiger partial charge < -0.3 is 30.2 Å². The van der Waals surface area contributed by atoms with Crippen LogP contribution in [0.2, 0.25) is 0 Å². The molecular formula is C25H30ClFN4O4. The summed E-state index contributed by atoms with van der Waals surface area (Å²) in [6.07, 6.45) is 3.86. The minimum absolute atomic E-state index is 0. The molecule has 10 heteroatoms. The van der Waals surface area contributed by atoms with Crippen LogP contribution < -0.4 is 20.1 Å². The fraction of sp³-hybridized carbons (Fsp3) is 0.440. The molecule has 4 N–H and O–H groups in total. The van der Waals surface area contributed by atoms with Gasteiger partial charge in [0.15, 0.2) is 11.6 Å². The zero-order chi connectivity index (χ0) is 23.8. The van der Waals surface area contributed by atoms with Crippen LogP contribution in [0.5, 0.6) is 11.5 Å². The largest absolute Gasteiger partial charge is 0.494 e. The molecule has 0 spiro atoms. The Morgan fingerprint density at radius 3 is 2.77 bits per heavy atom. The summed E-state index contributed by atoms with van der Waals surface area (Å²) in [5.41, 5.74) is 3.64. The molecule has 8 nitrogen and oxygen atoms in total. The number of methoxy groups -OCH3 is 1. The molecule has 0 unspecified atom stereocenters. The fourth-order valence-electron chi connectivity index (χ4n) is 4.47. The predicted octanol–water partition coefficient (Wildman–Crippen LogP) is 3.35. The molecule has 3 aromatic rings. The van der Waals surface area contributed by atoms with Gasteiger partial charge >= 0.3 is 0 Å². The predicted molar refractivity (Wildman–Crippen MR) is 133 cm³/mol. The third kappa shape index (κ3) is 5.07. The van der Waals surface area contributed by atoms with Crippen LogP contribution >= 0.6 is 12.4 Å². The summed E-state index contributed by atoms with van der Waals surface area (Å²) in [6.45, 7) is 3.52. The number of fused-ring (bicyclic) bond motifs is 1. The normalized spacial score (nSPS) is 19.8. The van der Waals surface area contributed by atoms with Crippen molar-refractivity contribution in [3.63, 3.8) is 0 Å². The molecular weight excluding hydrogens is 475 g/mol. The summed E-state index contributed by atoms with van der Waals surface area (Å²) < 4.78 is 25.7. The number of pyridine rings is 1. The first-order chi connectivity index (χ1) is 16.5. The Morgan fingerprint density at radius 2 is 2.06 bits per heavy atom. The van der Waals surface area contributed by atoms with Crippen molar-refractivity contribution in [3.8, 4) is 22.6 Å². The molecule has 2 aliphatic rings. The zero-order valence-electron chi connectivity index (χ0n) is 19.7. The number of carbonyl (C=O) groups excluding carboxylic acids is 1. The van der Waals surface area contributed by atoms with E-state index in [1.165, 1.54) is 13.2 Å². The first-order valence-corrected chi connectivity index (χ1v) is 11.6. The van der Waals surface area contributed by atoms with Gasteiger partial charge in [-0.15, -0.1) is 12.4 Å². The van der Waals surface area contributed by atoms with Gasteiger partial charge in [0, 0.05) is 35.6 Å². The molecule has 1 aliphatic carbocycles. The molecule has 0 bridgehead atoms. The van der Waals surface area contributed by atoms with Gasteiger partial charge in [-0.2, -0.15) is 0 Å². The number of β-amino-alcohol motifs (C(OH)–C–C–N with tert-alkyl or cyclic N) is 1. The molecule has 3 heterocycles. The lowest BCUT2D eigenvalue weighted by molar-refractivity contribution is 0.0766. The Labute approximate surface area is 209 Å². The number of benzene rings is 1. The van der Waals surface area contributed by atoms with Crippen molar-refractivity contribution in [1.29, 1.82) is 0 Å². The molecule has 0 radical (unpaired) electrons. The Balaban J connectivity index is 0.00000289. The summed E-state index contributed by atoms with van der Waals surface area (Å²) in [7, 11) is 1.42. The number of carbonyl (C=O) groups is 1. The molecule has 1 amide bonds. The van der Waals surface area contributed by atoms with E-state index < -0.39 is 11.9 Å². The maximum absolute atomic E-state index is 14.5. The van der Waals surface area contributed by atoms with Crippen molar-refractivity contribution in [2.24, 2.45) is 5.92 Å². The Bertz CT molecular complexity index is 1230. The number of H-pyrrole nitrogens is 1. The number of amides is 1. The number of aryl methyl sites for hydroxylation is 1. The minimum Gasteiger partial charge on any atom is -0.494 e. The van der Waals surface area contributed by atoms with Crippen LogP contribution in [0.25, 0.3) is 22.2 Å². The topological polar surface area (TPSA) is 109 Å². The van der Waals surface area contributed by atoms with Crippen LogP contribution in [0.4, 0.5) is 4.39 Å². The smallest absolute Gasteiger partial charge is 0.255 e. The van der Waals surface area contributed by atoms with E-state index in [0.717, 1.165) is 24.9 Å². The first-order valence-electron chi connectivity index (χ1n) is 11.6. The van der Waals surface area contributed by atoms with E-state index in [0.29, 0.717) is 59.1 Å². The average Bonchev–Trinajstić information content (AvgIpc) is 3.59. The van der Waals surface area contributed by atoms with E-state index >= 15 is 0 Å². The molecule has 1 aliphatic heterocycles. The lowest BCUT2D eigenvalue weighted by atomic mass is 10.0. The lowest BCUT2D eigenvalue weighted by Gasteiger charge is -2.29. The van der Waals surface area contributed by atoms with Gasteiger partial charge in [-0.25, -0.2) is 4.39 Å². The van der Waals surface area contributed by atoms with Crippen LogP contribution in [0.1, 0.15) is 35.3 Å². The van der Waals surface area contributed by atoms with Crippen LogP contribution in [-0.4, -0.2) is 59.9 Å². The van der Waals surface area contributed by atoms with Crippen molar-refractivity contribution in [2.75, 3.05) is 26.8 Å². The number of aromatic nitrogens is 2. The van der Waals surface area contributed by atoms with Gasteiger partial charge in [0.25, 0.3) is 5.91 Å². The SMILES string of the molecule is COc1cc(-c2ccnc3c(C(=O)N[C@@H]4CCNC[C@@H]4O)c(C)[nH]c23)c(OCC2CC2)cc1F.Cl. The number of aliphatic hydroxyl groups is 1.